The van der Waals surface area contributed by atoms with Gasteiger partial charge in [-0.25, -0.2) is 13.6 Å². The molecule has 0 radical (unpaired) electrons. The van der Waals surface area contributed by atoms with Gasteiger partial charge in [-0.15, -0.1) is 0 Å². The number of hydrogen-bond donors (Lipinski definition) is 1. The molecule has 0 aliphatic carbocycles. The number of ether oxygens (including phenoxy) is 2. The van der Waals surface area contributed by atoms with Gasteiger partial charge in [0.2, 0.25) is 10.0 Å². The maximum absolute atomic E-state index is 11.3. The quantitative estimate of drug-likeness (QED) is 0.778. The average molecular weight is 364 g/mol. The van der Waals surface area contributed by atoms with E-state index in [0.29, 0.717) is 24.7 Å². The largest absolute Gasteiger partial charge is 0.493 e. The Morgan fingerprint density at radius 2 is 1.68 bits per heavy atom. The first-order chi connectivity index (χ1) is 11.8. The van der Waals surface area contributed by atoms with Gasteiger partial charge < -0.3 is 9.47 Å². The first-order valence-corrected chi connectivity index (χ1v) is 9.46. The van der Waals surface area contributed by atoms with Crippen molar-refractivity contribution in [2.24, 2.45) is 5.14 Å². The lowest BCUT2D eigenvalue weighted by Crippen LogP contribution is -2.27. The monoisotopic (exact) mass is 364 g/mol. The highest BCUT2D eigenvalue weighted by atomic mass is 32.2. The third kappa shape index (κ3) is 5.19. The van der Waals surface area contributed by atoms with Crippen molar-refractivity contribution in [3.63, 3.8) is 0 Å². The highest BCUT2D eigenvalue weighted by molar-refractivity contribution is 7.89. The molecule has 0 spiro atoms. The zero-order valence-corrected chi connectivity index (χ0v) is 15.5. The summed E-state index contributed by atoms with van der Waals surface area (Å²) >= 11 is 0. The van der Waals surface area contributed by atoms with Crippen molar-refractivity contribution in [3.05, 3.63) is 54.1 Å². The molecule has 0 saturated heterocycles. The molecular weight excluding hydrogens is 340 g/mol. The molecule has 0 amide bonds. The smallest absolute Gasteiger partial charge is 0.238 e. The molecule has 0 saturated carbocycles. The topological polar surface area (TPSA) is 81.9 Å². The Morgan fingerprint density at radius 3 is 2.24 bits per heavy atom. The molecule has 2 N–H and O–H groups in total. The van der Waals surface area contributed by atoms with E-state index in [-0.39, 0.29) is 10.9 Å². The van der Waals surface area contributed by atoms with Crippen LogP contribution in [0.1, 0.15) is 18.5 Å². The Morgan fingerprint density at radius 1 is 1.08 bits per heavy atom. The number of sulfonamides is 1. The summed E-state index contributed by atoms with van der Waals surface area (Å²) in [6.07, 6.45) is 0. The van der Waals surface area contributed by atoms with Gasteiger partial charge >= 0.3 is 0 Å². The molecule has 25 heavy (non-hydrogen) atoms. The highest BCUT2D eigenvalue weighted by Gasteiger charge is 2.14. The number of rotatable bonds is 8. The van der Waals surface area contributed by atoms with Crippen LogP contribution in [0, 0.1) is 0 Å². The minimum absolute atomic E-state index is 0.107. The molecule has 0 aliphatic rings. The van der Waals surface area contributed by atoms with Gasteiger partial charge in [0.15, 0.2) is 11.5 Å². The lowest BCUT2D eigenvalue weighted by molar-refractivity contribution is 0.197. The van der Waals surface area contributed by atoms with E-state index in [9.17, 15) is 8.42 Å². The summed E-state index contributed by atoms with van der Waals surface area (Å²) in [6.45, 7) is 3.27. The molecule has 2 rings (SSSR count). The van der Waals surface area contributed by atoms with Gasteiger partial charge in [-0.05, 0) is 43.8 Å². The van der Waals surface area contributed by atoms with Crippen LogP contribution in [0.5, 0.6) is 11.5 Å². The third-order valence-corrected chi connectivity index (χ3v) is 5.05. The van der Waals surface area contributed by atoms with Gasteiger partial charge in [-0.2, -0.15) is 0 Å². The minimum atomic E-state index is -3.66. The molecule has 0 aliphatic heterocycles. The minimum Gasteiger partial charge on any atom is -0.493 e. The molecule has 2 aromatic carbocycles. The lowest BCUT2D eigenvalue weighted by atomic mass is 10.1. The summed E-state index contributed by atoms with van der Waals surface area (Å²) in [5.74, 6) is 1.42. The fourth-order valence-corrected chi connectivity index (χ4v) is 2.94. The van der Waals surface area contributed by atoms with E-state index in [0.717, 1.165) is 5.56 Å². The molecule has 2 aromatic rings. The van der Waals surface area contributed by atoms with E-state index in [1.165, 1.54) is 12.1 Å². The summed E-state index contributed by atoms with van der Waals surface area (Å²) in [5, 5.41) is 5.12. The van der Waals surface area contributed by atoms with Crippen molar-refractivity contribution >= 4 is 10.0 Å². The van der Waals surface area contributed by atoms with Crippen molar-refractivity contribution in [3.8, 4) is 11.5 Å². The van der Waals surface area contributed by atoms with Crippen molar-refractivity contribution in [1.82, 2.24) is 4.90 Å². The Labute approximate surface area is 149 Å². The second-order valence-corrected chi connectivity index (χ2v) is 7.33. The summed E-state index contributed by atoms with van der Waals surface area (Å²) in [6, 6.07) is 14.2. The van der Waals surface area contributed by atoms with Gasteiger partial charge in [0, 0.05) is 12.6 Å². The van der Waals surface area contributed by atoms with Crippen LogP contribution in [0.4, 0.5) is 0 Å². The first kappa shape index (κ1) is 19.2. The van der Waals surface area contributed by atoms with Gasteiger partial charge in [0.05, 0.1) is 12.0 Å². The predicted octanol–water partition coefficient (Wildman–Crippen LogP) is 2.41. The molecule has 7 heteroatoms. The maximum Gasteiger partial charge on any atom is 0.238 e. The number of likely N-dealkylation sites (N-methyl/N-ethyl adjacent to an activating group) is 1. The number of nitrogens with two attached hydrogens (primary N) is 1. The summed E-state index contributed by atoms with van der Waals surface area (Å²) in [5.41, 5.74) is 1.01. The van der Waals surface area contributed by atoms with Gasteiger partial charge in [0.1, 0.15) is 6.61 Å². The van der Waals surface area contributed by atoms with Crippen molar-refractivity contribution < 1.29 is 17.9 Å². The van der Waals surface area contributed by atoms with E-state index in [1.54, 1.807) is 19.2 Å². The Kier molecular flexibility index (Phi) is 6.41. The SMILES string of the molecule is COc1ccccc1OCCN(C)C(C)c1ccc(S(N)(=O)=O)cc1. The normalized spacial score (nSPS) is 12.8. The standard InChI is InChI=1S/C18H24N2O4S/c1-14(15-8-10-16(11-9-15)25(19,21)22)20(2)12-13-24-18-7-5-4-6-17(18)23-3/h4-11,14H,12-13H2,1-3H3,(H2,19,21,22). The zero-order valence-electron chi connectivity index (χ0n) is 14.7. The number of nitrogens with zero attached hydrogens (tertiary/aromatic N) is 1. The molecule has 0 aromatic heterocycles. The Bertz CT molecular complexity index is 791. The lowest BCUT2D eigenvalue weighted by Gasteiger charge is -2.25. The van der Waals surface area contributed by atoms with E-state index in [1.807, 2.05) is 31.3 Å². The number of benzene rings is 2. The van der Waals surface area contributed by atoms with Gasteiger partial charge in [-0.1, -0.05) is 24.3 Å². The van der Waals surface area contributed by atoms with Crippen molar-refractivity contribution in [2.75, 3.05) is 27.3 Å². The third-order valence-electron chi connectivity index (χ3n) is 4.12. The van der Waals surface area contributed by atoms with Crippen LogP contribution in [0.15, 0.2) is 53.4 Å². The molecule has 0 heterocycles. The summed E-state index contributed by atoms with van der Waals surface area (Å²) in [7, 11) is -0.0598. The molecule has 0 fully saturated rings. The highest BCUT2D eigenvalue weighted by Crippen LogP contribution is 2.26. The first-order valence-electron chi connectivity index (χ1n) is 7.91. The summed E-state index contributed by atoms with van der Waals surface area (Å²) in [4.78, 5) is 2.24. The molecule has 6 nitrogen and oxygen atoms in total. The molecular formula is C18H24N2O4S. The van der Waals surface area contributed by atoms with E-state index < -0.39 is 10.0 Å². The number of methoxy groups -OCH3 is 1. The van der Waals surface area contributed by atoms with Crippen LogP contribution in [-0.4, -0.2) is 40.6 Å². The second kappa shape index (κ2) is 8.33. The molecule has 1 atom stereocenters. The maximum atomic E-state index is 11.3. The fourth-order valence-electron chi connectivity index (χ4n) is 2.42. The van der Waals surface area contributed by atoms with E-state index in [2.05, 4.69) is 11.8 Å². The number of primary sulfonamides is 1. The van der Waals surface area contributed by atoms with Crippen LogP contribution in [0.3, 0.4) is 0 Å². The number of hydrogen-bond acceptors (Lipinski definition) is 5. The zero-order chi connectivity index (χ0) is 18.4. The fraction of sp³-hybridized carbons (Fsp3) is 0.333. The van der Waals surface area contributed by atoms with Crippen LogP contribution in [0.2, 0.25) is 0 Å². The van der Waals surface area contributed by atoms with E-state index in [4.69, 9.17) is 14.6 Å². The van der Waals surface area contributed by atoms with Gasteiger partial charge in [0.25, 0.3) is 0 Å². The van der Waals surface area contributed by atoms with Gasteiger partial charge in [-0.3, -0.25) is 4.90 Å². The number of para-hydroxylation sites is 2. The Balaban J connectivity index is 1.93. The molecule has 1 unspecified atom stereocenters. The molecule has 0 bridgehead atoms. The predicted molar refractivity (Wildman–Crippen MR) is 97.3 cm³/mol. The van der Waals surface area contributed by atoms with Crippen molar-refractivity contribution in [1.29, 1.82) is 0 Å². The second-order valence-electron chi connectivity index (χ2n) is 5.77. The Hall–Kier alpha value is -2.09. The molecule has 136 valence electrons. The summed E-state index contributed by atoms with van der Waals surface area (Å²) < 4.78 is 33.7. The van der Waals surface area contributed by atoms with Crippen LogP contribution in [-0.2, 0) is 10.0 Å². The van der Waals surface area contributed by atoms with E-state index >= 15 is 0 Å². The average Bonchev–Trinajstić information content (AvgIpc) is 2.60. The van der Waals surface area contributed by atoms with Crippen LogP contribution >= 0.6 is 0 Å². The van der Waals surface area contributed by atoms with Crippen molar-refractivity contribution in [2.45, 2.75) is 17.9 Å². The van der Waals surface area contributed by atoms with Crippen LogP contribution in [0.25, 0.3) is 0 Å². The van der Waals surface area contributed by atoms with Crippen LogP contribution < -0.4 is 14.6 Å².